The highest BCUT2D eigenvalue weighted by Gasteiger charge is 2.36. The van der Waals surface area contributed by atoms with Crippen molar-refractivity contribution in [3.63, 3.8) is 0 Å². The second kappa shape index (κ2) is 18.2. The molecule has 3 aliphatic rings. The van der Waals surface area contributed by atoms with Crippen LogP contribution in [0.2, 0.25) is 0 Å². The molecule has 2 aliphatic heterocycles. The number of fused-ring (bicyclic) bond motifs is 3. The zero-order valence-corrected chi connectivity index (χ0v) is 29.4. The molecule has 0 fully saturated rings. The number of anilines is 1. The summed E-state index contributed by atoms with van der Waals surface area (Å²) < 4.78 is 0. The van der Waals surface area contributed by atoms with E-state index in [0.717, 1.165) is 41.7 Å². The van der Waals surface area contributed by atoms with Gasteiger partial charge in [-0.05, 0) is 96.4 Å². The molecule has 2 heterocycles. The minimum atomic E-state index is -0.774. The Morgan fingerprint density at radius 2 is 1.68 bits per heavy atom. The highest BCUT2D eigenvalue weighted by molar-refractivity contribution is 5.84. The molecule has 244 valence electrons. The fourth-order valence-corrected chi connectivity index (χ4v) is 5.28. The molecule has 0 aromatic heterocycles. The number of carbonyl (C=O) groups is 2. The Labute approximate surface area is 268 Å². The monoisotopic (exact) mass is 606 g/mol. The smallest absolute Gasteiger partial charge is 0.307 e. The van der Waals surface area contributed by atoms with Crippen molar-refractivity contribution >= 4 is 23.8 Å². The van der Waals surface area contributed by atoms with Crippen LogP contribution in [-0.4, -0.2) is 34.6 Å². The van der Waals surface area contributed by atoms with Crippen LogP contribution in [0.1, 0.15) is 125 Å². The van der Waals surface area contributed by atoms with Gasteiger partial charge in [-0.1, -0.05) is 74.0 Å². The zero-order chi connectivity index (χ0) is 34.4. The van der Waals surface area contributed by atoms with Gasteiger partial charge in [0.15, 0.2) is 0 Å². The van der Waals surface area contributed by atoms with E-state index in [1.165, 1.54) is 34.4 Å². The lowest BCUT2D eigenvalue weighted by molar-refractivity contribution is -0.136. The van der Waals surface area contributed by atoms with Crippen molar-refractivity contribution in [3.8, 4) is 12.8 Å². The van der Waals surface area contributed by atoms with Crippen molar-refractivity contribution in [3.05, 3.63) is 69.5 Å². The van der Waals surface area contributed by atoms with Crippen molar-refractivity contribution in [2.45, 2.75) is 114 Å². The number of hydrogen-bond acceptors (Lipinski definition) is 4. The van der Waals surface area contributed by atoms with Gasteiger partial charge in [-0.25, -0.2) is 0 Å². The first kappa shape index (κ1) is 40.3. The van der Waals surface area contributed by atoms with Crippen molar-refractivity contribution in [1.82, 2.24) is 4.90 Å². The van der Waals surface area contributed by atoms with E-state index in [0.29, 0.717) is 10.8 Å². The van der Waals surface area contributed by atoms with Gasteiger partial charge >= 0.3 is 5.97 Å². The summed E-state index contributed by atoms with van der Waals surface area (Å²) in [5.74, 6) is -0.774. The van der Waals surface area contributed by atoms with Gasteiger partial charge < -0.3 is 20.4 Å². The predicted molar refractivity (Wildman–Crippen MR) is 187 cm³/mol. The number of rotatable bonds is 4. The fraction of sp³-hybridized carbons (Fsp3) is 0.526. The highest BCUT2D eigenvalue weighted by atomic mass is 16.4. The lowest BCUT2D eigenvalue weighted by Gasteiger charge is -2.31. The van der Waals surface area contributed by atoms with E-state index in [9.17, 15) is 9.90 Å². The summed E-state index contributed by atoms with van der Waals surface area (Å²) in [6.45, 7) is 23.8. The van der Waals surface area contributed by atoms with Gasteiger partial charge in [-0.2, -0.15) is 0 Å². The first-order valence-corrected chi connectivity index (χ1v) is 15.5. The maximum atomic E-state index is 11.8. The average molecular weight is 607 g/mol. The van der Waals surface area contributed by atoms with E-state index in [2.05, 4.69) is 130 Å². The molecule has 6 heteroatoms. The largest absolute Gasteiger partial charge is 0.483 e. The molecule has 1 aromatic rings. The van der Waals surface area contributed by atoms with Crippen LogP contribution in [0.15, 0.2) is 58.3 Å². The van der Waals surface area contributed by atoms with Crippen molar-refractivity contribution in [1.29, 1.82) is 0 Å². The van der Waals surface area contributed by atoms with Crippen LogP contribution in [-0.2, 0) is 9.59 Å². The number of nitrogens with zero attached hydrogens (tertiary/aromatic N) is 1. The number of allylic oxidation sites excluding steroid dienone is 5. The number of hydrogen-bond donors (Lipinski definition) is 3. The molecule has 44 heavy (non-hydrogen) atoms. The van der Waals surface area contributed by atoms with Crippen molar-refractivity contribution in [2.24, 2.45) is 10.8 Å². The molecule has 0 amide bonds. The van der Waals surface area contributed by atoms with Gasteiger partial charge in [0.1, 0.15) is 0 Å². The summed E-state index contributed by atoms with van der Waals surface area (Å²) in [5, 5.41) is 19.9. The minimum absolute atomic E-state index is 0.0524. The average Bonchev–Trinajstić information content (AvgIpc) is 3.14. The first-order valence-electron chi connectivity index (χ1n) is 15.5. The molecule has 1 aliphatic carbocycles. The Bertz CT molecular complexity index is 1260. The maximum absolute atomic E-state index is 11.8. The summed E-state index contributed by atoms with van der Waals surface area (Å²) in [7, 11) is 1.95. The van der Waals surface area contributed by atoms with Crippen molar-refractivity contribution < 1.29 is 19.8 Å². The lowest BCUT2D eigenvalue weighted by Crippen LogP contribution is -2.16. The number of terminal acetylenes is 1. The Balaban J connectivity index is 0.00000122. The third kappa shape index (κ3) is 11.8. The third-order valence-corrected chi connectivity index (χ3v) is 7.18. The number of carboxylic acid groups (broad SMARTS) is 2. The number of nitrogens with one attached hydrogen (secondary N) is 1. The van der Waals surface area contributed by atoms with Crippen LogP contribution in [0, 0.1) is 23.7 Å². The third-order valence-electron chi connectivity index (χ3n) is 7.18. The van der Waals surface area contributed by atoms with Crippen LogP contribution in [0.4, 0.5) is 5.69 Å². The maximum Gasteiger partial charge on any atom is 0.307 e. The van der Waals surface area contributed by atoms with E-state index < -0.39 is 5.97 Å². The van der Waals surface area contributed by atoms with E-state index in [1.807, 2.05) is 7.05 Å². The molecule has 3 N–H and O–H groups in total. The molecular weight excluding hydrogens is 548 g/mol. The van der Waals surface area contributed by atoms with Crippen molar-refractivity contribution in [2.75, 3.05) is 12.4 Å². The molecule has 6 nitrogen and oxygen atoms in total. The Morgan fingerprint density at radius 1 is 1.16 bits per heavy atom. The molecule has 4 rings (SSSR count). The van der Waals surface area contributed by atoms with Crippen LogP contribution in [0.25, 0.3) is 5.70 Å². The summed E-state index contributed by atoms with van der Waals surface area (Å²) in [6, 6.07) is 6.77. The molecule has 0 saturated heterocycles. The van der Waals surface area contributed by atoms with Crippen LogP contribution < -0.4 is 5.32 Å². The molecule has 0 radical (unpaired) electrons. The van der Waals surface area contributed by atoms with Crippen LogP contribution in [0.3, 0.4) is 0 Å². The summed E-state index contributed by atoms with van der Waals surface area (Å²) in [6.07, 6.45) is 17.0. The second-order valence-electron chi connectivity index (χ2n) is 13.8. The van der Waals surface area contributed by atoms with E-state index in [-0.39, 0.29) is 18.9 Å². The fourth-order valence-electron chi connectivity index (χ4n) is 5.28. The summed E-state index contributed by atoms with van der Waals surface area (Å²) >= 11 is 0. The van der Waals surface area contributed by atoms with Gasteiger partial charge in [-0.15, -0.1) is 12.8 Å². The highest BCUT2D eigenvalue weighted by Crippen LogP contribution is 2.50. The Kier molecular flexibility index (Phi) is 16.6. The van der Waals surface area contributed by atoms with Gasteiger partial charge in [0.05, 0.1) is 18.2 Å². The number of benzene rings is 1. The number of carboxylic acids is 1. The molecular formula is C38H58N2O4. The lowest BCUT2D eigenvalue weighted by atomic mass is 9.74. The molecule has 0 saturated carbocycles. The van der Waals surface area contributed by atoms with Crippen LogP contribution >= 0.6 is 0 Å². The van der Waals surface area contributed by atoms with Gasteiger partial charge in [0.2, 0.25) is 0 Å². The SMILES string of the molecule is C#C.CC(C)(C)C.CCC.CNc1ccc2c(c1)C(C)N1C=C(C)C(CC(=O)O)=C(C3=CCC(C)(C)CC3)C(C)=C21.O=CO. The van der Waals surface area contributed by atoms with Crippen LogP contribution in [0.5, 0.6) is 0 Å². The van der Waals surface area contributed by atoms with E-state index in [4.69, 9.17) is 9.90 Å². The predicted octanol–water partition coefficient (Wildman–Crippen LogP) is 10.1. The molecule has 0 spiro atoms. The Morgan fingerprint density at radius 3 is 2.11 bits per heavy atom. The van der Waals surface area contributed by atoms with Gasteiger partial charge in [-0.3, -0.25) is 9.59 Å². The van der Waals surface area contributed by atoms with E-state index in [1.54, 1.807) is 0 Å². The quantitative estimate of drug-likeness (QED) is 0.233. The minimum Gasteiger partial charge on any atom is -0.483 e. The number of aliphatic carboxylic acids is 1. The Hall–Kier alpha value is -3.72. The molecule has 1 aromatic carbocycles. The zero-order valence-electron chi connectivity index (χ0n) is 29.4. The van der Waals surface area contributed by atoms with E-state index >= 15 is 0 Å². The van der Waals surface area contributed by atoms with Gasteiger partial charge in [0, 0.05) is 24.5 Å². The molecule has 0 bridgehead atoms. The van der Waals surface area contributed by atoms with Gasteiger partial charge in [0.25, 0.3) is 6.47 Å². The standard InChI is InChI=1S/C27H34N2O2.C5H12.C3H8.C2H2.CH2O2/c1-16-15-29-18(3)23-13-20(28-6)7-8-21(23)26(29)17(2)25(22(16)14-24(30)31)19-9-11-27(4,5)12-10-19;1-5(2,3)4;1-3-2;1-2;2-1-3/h7-9,13,15,18,28H,10-12,14H2,1-6H3,(H,30,31);1-4H3;3H2,1-2H3;1-2H;1H,(H,2,3). The second-order valence-corrected chi connectivity index (χ2v) is 13.8. The topological polar surface area (TPSA) is 89.9 Å². The summed E-state index contributed by atoms with van der Waals surface area (Å²) in [5.41, 5.74) is 11.3. The summed E-state index contributed by atoms with van der Waals surface area (Å²) in [4.78, 5) is 22.5. The molecule has 1 atom stereocenters. The normalized spacial score (nSPS) is 18.0. The molecule has 1 unspecified atom stereocenters. The first-order chi connectivity index (χ1) is 20.5.